The van der Waals surface area contributed by atoms with Gasteiger partial charge in [0.15, 0.2) is 12.3 Å². The smallest absolute Gasteiger partial charge is 0.328 e. The van der Waals surface area contributed by atoms with E-state index in [9.17, 15) is 118 Å². The fraction of sp³-hybridized carbons (Fsp3) is 0.681. The molecule has 1 aromatic carbocycles. The number of nitrogens with one attached hydrogen (secondary N) is 11. The number of carbonyl (C=O) groups is 16. The Bertz CT molecular complexity index is 3290. The Morgan fingerprint density at radius 3 is 1.66 bits per heavy atom. The molecule has 624 valence electrons. The number of ether oxygens (including phenoxy) is 2. The van der Waals surface area contributed by atoms with E-state index in [-0.39, 0.29) is 89.9 Å². The number of carboxylic acid groups (broad SMARTS) is 3. The van der Waals surface area contributed by atoms with Crippen LogP contribution in [0.15, 0.2) is 30.3 Å². The molecule has 3 rings (SSSR count). The van der Waals surface area contributed by atoms with Crippen molar-refractivity contribution in [1.82, 2.24) is 63.4 Å². The number of primary amides is 1. The number of carbonyl (C=O) groups excluding carboxylic acids is 13. The topological polar surface area (TPSA) is 693 Å². The third kappa shape index (κ3) is 33.8. The predicted octanol–water partition coefficient (Wildman–Crippen LogP) is -8.62. The van der Waals surface area contributed by atoms with Crippen LogP contribution in [0.3, 0.4) is 0 Å². The van der Waals surface area contributed by atoms with Gasteiger partial charge in [-0.3, -0.25) is 71.9 Å². The summed E-state index contributed by atoms with van der Waals surface area (Å²) >= 11 is 0. The number of hydrogen-bond donors (Lipinski definition) is 23. The van der Waals surface area contributed by atoms with Crippen molar-refractivity contribution in [1.29, 1.82) is 0 Å². The summed E-state index contributed by atoms with van der Waals surface area (Å²) in [6, 6.07) is -4.27. The molecule has 1 aromatic rings. The molecule has 18 atom stereocenters. The molecule has 42 heteroatoms. The van der Waals surface area contributed by atoms with E-state index < -0.39 is 263 Å². The first-order valence-corrected chi connectivity index (χ1v) is 36.8. The first-order chi connectivity index (χ1) is 52.5. The van der Waals surface area contributed by atoms with Crippen LogP contribution < -0.4 is 81.4 Å². The number of aliphatic hydroxyl groups excluding tert-OH is 5. The van der Waals surface area contributed by atoms with Gasteiger partial charge in [0.2, 0.25) is 76.8 Å². The highest BCUT2D eigenvalue weighted by Gasteiger charge is 2.45. The predicted molar refractivity (Wildman–Crippen MR) is 388 cm³/mol. The fourth-order valence-corrected chi connectivity index (χ4v) is 11.7. The molecule has 2 heterocycles. The molecule has 2 aliphatic rings. The number of hydrogen-bond acceptors (Lipinski definition) is 26. The number of rotatable bonds is 52. The number of likely N-dealkylation sites (tertiary alicyclic amines) is 1. The number of aliphatic hydroxyl groups is 5. The van der Waals surface area contributed by atoms with Crippen molar-refractivity contribution in [3.63, 3.8) is 0 Å². The van der Waals surface area contributed by atoms with Crippen molar-refractivity contribution < 1.29 is 127 Å². The van der Waals surface area contributed by atoms with Crippen LogP contribution in [0, 0.1) is 11.8 Å². The number of aliphatic carboxylic acids is 3. The van der Waals surface area contributed by atoms with Crippen LogP contribution in [0.25, 0.3) is 0 Å². The van der Waals surface area contributed by atoms with E-state index in [1.54, 1.807) is 37.3 Å². The van der Waals surface area contributed by atoms with Crippen LogP contribution in [0.1, 0.15) is 136 Å². The molecule has 0 aromatic heterocycles. The molecule has 0 spiro atoms. The normalized spacial score (nSPS) is 19.9. The van der Waals surface area contributed by atoms with Gasteiger partial charge in [-0.25, -0.2) is 4.79 Å². The van der Waals surface area contributed by atoms with Crippen molar-refractivity contribution in [3.8, 4) is 0 Å². The fourth-order valence-electron chi connectivity index (χ4n) is 11.7. The lowest BCUT2D eigenvalue weighted by Crippen LogP contribution is -2.60. The lowest BCUT2D eigenvalue weighted by molar-refractivity contribution is -0.310. The molecule has 13 amide bonds. The van der Waals surface area contributed by atoms with Crippen LogP contribution in [-0.4, -0.2) is 290 Å². The summed E-state index contributed by atoms with van der Waals surface area (Å²) in [5.41, 5.74) is 23.9. The number of amides is 13. The van der Waals surface area contributed by atoms with Crippen molar-refractivity contribution in [2.24, 2.45) is 34.8 Å². The Balaban J connectivity index is 1.82. The summed E-state index contributed by atoms with van der Waals surface area (Å²) in [5.74, 6) is -17.5. The number of benzene rings is 1. The lowest BCUT2D eigenvalue weighted by Gasteiger charge is -2.40. The molecule has 27 N–H and O–H groups in total. The average molecular weight is 1580 g/mol. The van der Waals surface area contributed by atoms with Crippen molar-refractivity contribution in [2.75, 3.05) is 52.4 Å². The van der Waals surface area contributed by atoms with Crippen LogP contribution in [0.4, 0.5) is 0 Å². The van der Waals surface area contributed by atoms with E-state index in [1.165, 1.54) is 6.92 Å². The maximum absolute atomic E-state index is 14.5. The standard InChI is InChI=1S/C69H112N16O26/c1-5-35(2)54(73)67(107)78-36(3)59(99)74-27-11-15-39(29-38-13-7-6-8-14-38)60(100)81-42(19-18-40(30-71)110-69-58(98)57(97)56(96)47(34-86)111-69)62(102)76-32-49(89)79-44(21-24-52(92)93)64(104)82-43(20-23-48(72)88)63(103)77-33-51(91)85-28-12-17-46(85)66(106)83-41(16-9-10-26-70)61(101)75-31-50(90)80-45(22-25-53(94)95)65(105)84-55(37(4)87)68(108)109/h6-8,13-14,35-37,39-47,54-58,69,86-87,96-98H,5,9-12,15-34,70-71,73H2,1-4H3,(H2,72,88)(H,74,99)(H,75,101)(H,76,102)(H,77,103)(H,78,107)(H,79,89)(H,80,90)(H,81,100)(H,82,104)(H,83,106)(H,84,105)(H,92,93)(H,94,95)(H,108,109)/t35-,36-,37+,39-,40+,41-,42-,43-,44-,45-,46-,47+,54-,55-,56-,57-,58+,69+/m0/s1. The summed E-state index contributed by atoms with van der Waals surface area (Å²) in [6.45, 7) is 2.60. The van der Waals surface area contributed by atoms with Crippen LogP contribution in [0.2, 0.25) is 0 Å². The van der Waals surface area contributed by atoms with Gasteiger partial charge in [-0.05, 0) is 115 Å². The first kappa shape index (κ1) is 95.5. The molecular weight excluding hydrogens is 1470 g/mol. The second-order valence-corrected chi connectivity index (χ2v) is 27.3. The highest BCUT2D eigenvalue weighted by molar-refractivity contribution is 5.98. The van der Waals surface area contributed by atoms with Crippen molar-refractivity contribution in [3.05, 3.63) is 35.9 Å². The molecule has 2 aliphatic heterocycles. The third-order valence-electron chi connectivity index (χ3n) is 18.6. The molecule has 111 heavy (non-hydrogen) atoms. The van der Waals surface area contributed by atoms with E-state index in [2.05, 4.69) is 53.2 Å². The molecule has 42 nitrogen and oxygen atoms in total. The zero-order chi connectivity index (χ0) is 83.2. The van der Waals surface area contributed by atoms with E-state index in [0.717, 1.165) is 11.8 Å². The summed E-state index contributed by atoms with van der Waals surface area (Å²) in [7, 11) is 0. The van der Waals surface area contributed by atoms with Gasteiger partial charge in [-0.1, -0.05) is 50.6 Å². The highest BCUT2D eigenvalue weighted by Crippen LogP contribution is 2.25. The second-order valence-electron chi connectivity index (χ2n) is 27.3. The number of carboxylic acids is 3. The van der Waals surface area contributed by atoms with Gasteiger partial charge >= 0.3 is 17.9 Å². The van der Waals surface area contributed by atoms with Gasteiger partial charge in [0.05, 0.1) is 44.5 Å². The van der Waals surface area contributed by atoms with Crippen LogP contribution in [0.5, 0.6) is 0 Å². The quantitative estimate of drug-likeness (QED) is 0.0269. The summed E-state index contributed by atoms with van der Waals surface area (Å²) < 4.78 is 11.3. The molecule has 0 aliphatic carbocycles. The maximum Gasteiger partial charge on any atom is 0.328 e. The number of unbranched alkanes of at least 4 members (excludes halogenated alkanes) is 1. The van der Waals surface area contributed by atoms with Crippen LogP contribution >= 0.6 is 0 Å². The first-order valence-electron chi connectivity index (χ1n) is 36.8. The Hall–Kier alpha value is -9.66. The van der Waals surface area contributed by atoms with E-state index in [1.807, 2.05) is 12.2 Å². The van der Waals surface area contributed by atoms with Gasteiger partial charge in [-0.15, -0.1) is 0 Å². The van der Waals surface area contributed by atoms with E-state index in [4.69, 9.17) is 32.4 Å². The van der Waals surface area contributed by atoms with Gasteiger partial charge in [0, 0.05) is 44.8 Å². The molecular formula is C69H112N16O26. The monoisotopic (exact) mass is 1580 g/mol. The minimum atomic E-state index is -1.86. The zero-order valence-corrected chi connectivity index (χ0v) is 62.6. The number of nitrogens with zero attached hydrogens (tertiary/aromatic N) is 1. The minimum Gasteiger partial charge on any atom is -0.481 e. The van der Waals surface area contributed by atoms with Crippen molar-refractivity contribution >= 4 is 94.7 Å². The zero-order valence-electron chi connectivity index (χ0n) is 62.6. The largest absolute Gasteiger partial charge is 0.481 e. The molecule has 0 saturated carbocycles. The maximum atomic E-state index is 14.5. The summed E-state index contributed by atoms with van der Waals surface area (Å²) in [5, 5.41) is 106. The van der Waals surface area contributed by atoms with Gasteiger partial charge in [0.1, 0.15) is 66.7 Å². The average Bonchev–Trinajstić information content (AvgIpc) is 1.31. The van der Waals surface area contributed by atoms with Gasteiger partial charge < -0.3 is 137 Å². The Labute approximate surface area is 640 Å². The third-order valence-corrected chi connectivity index (χ3v) is 18.6. The SMILES string of the molecule is CC[C@H](C)[C@H](N)C(=O)N[C@@H](C)C(=O)NCCC[C@@H](Cc1ccccc1)C(=O)N[C@@H](CC[C@H](CN)O[C@@H]1O[C@H](CO)[C@H](O)[C@H](O)[C@H]1O)C(=O)NCC(=O)N[C@@H](CCC(=O)O)C(=O)N[C@@H](CCC(N)=O)C(=O)NCC(=O)N1CCC[C@H]1C(=O)N[C@@H](CCCCN)C(=O)NCC(=O)N[C@@H](CCC(=O)O)C(=O)N[C@H](C(=O)O)[C@@H](C)O. The van der Waals surface area contributed by atoms with E-state index >= 15 is 0 Å². The second kappa shape index (κ2) is 49.6. The summed E-state index contributed by atoms with van der Waals surface area (Å²) in [4.78, 5) is 212. The Kier molecular flexibility index (Phi) is 42.7. The summed E-state index contributed by atoms with van der Waals surface area (Å²) in [6.07, 6.45) is -13.5. The molecule has 0 bridgehead atoms. The lowest BCUT2D eigenvalue weighted by atomic mass is 9.93. The molecule has 0 radical (unpaired) electrons. The number of nitrogens with two attached hydrogens (primary N) is 4. The molecule has 2 fully saturated rings. The van der Waals surface area contributed by atoms with Crippen molar-refractivity contribution in [2.45, 2.75) is 234 Å². The van der Waals surface area contributed by atoms with Gasteiger partial charge in [-0.2, -0.15) is 0 Å². The van der Waals surface area contributed by atoms with E-state index in [0.29, 0.717) is 18.4 Å². The Morgan fingerprint density at radius 1 is 0.586 bits per heavy atom. The Morgan fingerprint density at radius 2 is 1.13 bits per heavy atom. The highest BCUT2D eigenvalue weighted by atomic mass is 16.7. The van der Waals surface area contributed by atoms with Gasteiger partial charge in [0.25, 0.3) is 0 Å². The van der Waals surface area contributed by atoms with Crippen LogP contribution in [-0.2, 0) is 92.6 Å². The minimum absolute atomic E-state index is 0.0353. The molecule has 2 saturated heterocycles. The molecule has 0 unspecified atom stereocenters.